The van der Waals surface area contributed by atoms with Crippen molar-refractivity contribution >= 4 is 40.9 Å². The highest BCUT2D eigenvalue weighted by atomic mass is 35.5. The smallest absolute Gasteiger partial charge is 0.253 e. The first-order valence-corrected chi connectivity index (χ1v) is 13.9. The van der Waals surface area contributed by atoms with Gasteiger partial charge in [0.15, 0.2) is 0 Å². The number of hydrogen-bond donors (Lipinski definition) is 1. The summed E-state index contributed by atoms with van der Waals surface area (Å²) in [5, 5.41) is 3.44. The molecule has 6 nitrogen and oxygen atoms in total. The van der Waals surface area contributed by atoms with Gasteiger partial charge in [0.05, 0.1) is 17.3 Å². The Bertz CT molecular complexity index is 1300. The average molecular weight is 546 g/mol. The van der Waals surface area contributed by atoms with Crippen LogP contribution in [-0.4, -0.2) is 49.5 Å². The van der Waals surface area contributed by atoms with Crippen LogP contribution >= 0.6 is 11.6 Å². The summed E-state index contributed by atoms with van der Waals surface area (Å²) in [5.41, 5.74) is 4.42. The van der Waals surface area contributed by atoms with Crippen LogP contribution in [0.25, 0.3) is 6.08 Å². The Balaban J connectivity index is 1.29. The third-order valence-electron chi connectivity index (χ3n) is 6.73. The lowest BCUT2D eigenvalue weighted by Gasteiger charge is -2.36. The Kier molecular flexibility index (Phi) is 9.66. The molecule has 0 radical (unpaired) electrons. The van der Waals surface area contributed by atoms with Gasteiger partial charge in [-0.3, -0.25) is 9.59 Å². The van der Waals surface area contributed by atoms with Gasteiger partial charge < -0.3 is 19.9 Å². The van der Waals surface area contributed by atoms with Gasteiger partial charge in [0.2, 0.25) is 5.91 Å². The van der Waals surface area contributed by atoms with E-state index in [9.17, 15) is 9.59 Å². The van der Waals surface area contributed by atoms with E-state index in [1.165, 1.54) is 11.6 Å². The molecule has 7 heteroatoms. The number of hydrogen-bond acceptors (Lipinski definition) is 4. The monoisotopic (exact) mass is 545 g/mol. The van der Waals surface area contributed by atoms with Crippen LogP contribution in [0.1, 0.15) is 54.6 Å². The van der Waals surface area contributed by atoms with Crippen molar-refractivity contribution in [2.75, 3.05) is 43.0 Å². The summed E-state index contributed by atoms with van der Waals surface area (Å²) in [7, 11) is 0. The van der Waals surface area contributed by atoms with Crippen molar-refractivity contribution in [2.24, 2.45) is 0 Å². The Morgan fingerprint density at radius 3 is 2.28 bits per heavy atom. The zero-order chi connectivity index (χ0) is 27.8. The Labute approximate surface area is 236 Å². The SMILES string of the molecule is CCCOc1ccc(C(=O)N2CCN(c3ccc(NC(=O)/C=C/c4ccc(C(C)C)cc4)cc3Cl)CC2)cc1. The molecule has 4 rings (SSSR count). The molecular formula is C32H36ClN3O3. The van der Waals surface area contributed by atoms with Gasteiger partial charge in [-0.25, -0.2) is 0 Å². The number of carbonyl (C=O) groups is 2. The zero-order valence-corrected chi connectivity index (χ0v) is 23.6. The molecule has 204 valence electrons. The van der Waals surface area contributed by atoms with E-state index in [2.05, 4.69) is 43.1 Å². The Morgan fingerprint density at radius 1 is 0.974 bits per heavy atom. The normalized spacial score (nSPS) is 13.7. The van der Waals surface area contributed by atoms with Gasteiger partial charge in [0, 0.05) is 43.5 Å². The summed E-state index contributed by atoms with van der Waals surface area (Å²) >= 11 is 6.60. The second kappa shape index (κ2) is 13.3. The van der Waals surface area contributed by atoms with Crippen molar-refractivity contribution < 1.29 is 14.3 Å². The fourth-order valence-electron chi connectivity index (χ4n) is 4.44. The largest absolute Gasteiger partial charge is 0.494 e. The second-order valence-corrected chi connectivity index (χ2v) is 10.4. The van der Waals surface area contributed by atoms with Crippen LogP contribution in [0.3, 0.4) is 0 Å². The predicted octanol–water partition coefficient (Wildman–Crippen LogP) is 6.87. The van der Waals surface area contributed by atoms with E-state index in [0.29, 0.717) is 55.0 Å². The molecule has 1 fully saturated rings. The van der Waals surface area contributed by atoms with Crippen molar-refractivity contribution in [1.82, 2.24) is 4.90 Å². The first-order chi connectivity index (χ1) is 18.8. The summed E-state index contributed by atoms with van der Waals surface area (Å²) in [4.78, 5) is 29.4. The van der Waals surface area contributed by atoms with Gasteiger partial charge in [-0.2, -0.15) is 0 Å². The van der Waals surface area contributed by atoms with Crippen LogP contribution < -0.4 is 15.0 Å². The minimum atomic E-state index is -0.219. The molecule has 0 saturated carbocycles. The maximum Gasteiger partial charge on any atom is 0.253 e. The van der Waals surface area contributed by atoms with Crippen molar-refractivity contribution in [3.05, 3.63) is 94.5 Å². The fourth-order valence-corrected chi connectivity index (χ4v) is 4.74. The van der Waals surface area contributed by atoms with E-state index in [-0.39, 0.29) is 11.8 Å². The van der Waals surface area contributed by atoms with Gasteiger partial charge >= 0.3 is 0 Å². The van der Waals surface area contributed by atoms with E-state index in [4.69, 9.17) is 16.3 Å². The molecule has 2 amide bonds. The molecule has 3 aromatic rings. The third kappa shape index (κ3) is 7.64. The van der Waals surface area contributed by atoms with Crippen molar-refractivity contribution in [3.8, 4) is 5.75 Å². The van der Waals surface area contributed by atoms with E-state index >= 15 is 0 Å². The molecule has 0 aromatic heterocycles. The van der Waals surface area contributed by atoms with Crippen LogP contribution in [-0.2, 0) is 4.79 Å². The summed E-state index contributed by atoms with van der Waals surface area (Å²) in [6, 6.07) is 21.0. The van der Waals surface area contributed by atoms with Gasteiger partial charge in [-0.05, 0) is 72.0 Å². The third-order valence-corrected chi connectivity index (χ3v) is 7.03. The number of rotatable bonds is 9. The number of benzene rings is 3. The number of nitrogens with zero attached hydrogens (tertiary/aromatic N) is 2. The summed E-state index contributed by atoms with van der Waals surface area (Å²) in [6.45, 7) is 9.58. The number of anilines is 2. The van der Waals surface area contributed by atoms with Crippen LogP contribution in [0.2, 0.25) is 5.02 Å². The lowest BCUT2D eigenvalue weighted by Crippen LogP contribution is -2.48. The molecular weight excluding hydrogens is 510 g/mol. The minimum absolute atomic E-state index is 0.0183. The predicted molar refractivity (Wildman–Crippen MR) is 160 cm³/mol. The summed E-state index contributed by atoms with van der Waals surface area (Å²) in [5.74, 6) is 1.05. The molecule has 0 unspecified atom stereocenters. The average Bonchev–Trinajstić information content (AvgIpc) is 2.95. The quantitative estimate of drug-likeness (QED) is 0.298. The standard InChI is InChI=1S/C32H36ClN3O3/c1-4-21-39-28-13-10-26(11-14-28)32(38)36-19-17-35(18-20-36)30-15-12-27(22-29(30)33)34-31(37)16-7-24-5-8-25(9-6-24)23(2)3/h5-16,22-23H,4,17-21H2,1-3H3,(H,34,37)/b16-7+. The molecule has 39 heavy (non-hydrogen) atoms. The Hall–Kier alpha value is -3.77. The number of piperazine rings is 1. The number of ether oxygens (including phenoxy) is 1. The number of carbonyl (C=O) groups excluding carboxylic acids is 2. The lowest BCUT2D eigenvalue weighted by molar-refractivity contribution is -0.111. The molecule has 0 spiro atoms. The fraction of sp³-hybridized carbons (Fsp3) is 0.312. The van der Waals surface area contributed by atoms with E-state index in [1.807, 2.05) is 53.4 Å². The maximum absolute atomic E-state index is 13.0. The molecule has 1 saturated heterocycles. The zero-order valence-electron chi connectivity index (χ0n) is 22.8. The Morgan fingerprint density at radius 2 is 1.67 bits per heavy atom. The van der Waals surface area contributed by atoms with Crippen LogP contribution in [0.4, 0.5) is 11.4 Å². The molecule has 3 aromatic carbocycles. The lowest BCUT2D eigenvalue weighted by atomic mass is 10.0. The van der Waals surface area contributed by atoms with Crippen molar-refractivity contribution in [1.29, 1.82) is 0 Å². The van der Waals surface area contributed by atoms with E-state index < -0.39 is 0 Å². The number of amides is 2. The maximum atomic E-state index is 13.0. The highest BCUT2D eigenvalue weighted by molar-refractivity contribution is 6.33. The van der Waals surface area contributed by atoms with Crippen LogP contribution in [0.15, 0.2) is 72.8 Å². The van der Waals surface area contributed by atoms with Crippen LogP contribution in [0, 0.1) is 0 Å². The van der Waals surface area contributed by atoms with Gasteiger partial charge in [-0.15, -0.1) is 0 Å². The number of nitrogens with one attached hydrogen (secondary N) is 1. The van der Waals surface area contributed by atoms with Gasteiger partial charge in [0.25, 0.3) is 5.91 Å². The van der Waals surface area contributed by atoms with Crippen LogP contribution in [0.5, 0.6) is 5.75 Å². The first-order valence-electron chi connectivity index (χ1n) is 13.5. The van der Waals surface area contributed by atoms with Gasteiger partial charge in [-0.1, -0.05) is 56.6 Å². The van der Waals surface area contributed by atoms with Crippen molar-refractivity contribution in [2.45, 2.75) is 33.1 Å². The molecule has 1 N–H and O–H groups in total. The molecule has 1 heterocycles. The number of halogens is 1. The molecule has 0 aliphatic carbocycles. The topological polar surface area (TPSA) is 61.9 Å². The highest BCUT2D eigenvalue weighted by Crippen LogP contribution is 2.30. The van der Waals surface area contributed by atoms with E-state index in [1.54, 1.807) is 12.1 Å². The first kappa shape index (κ1) is 28.2. The molecule has 1 aliphatic heterocycles. The highest BCUT2D eigenvalue weighted by Gasteiger charge is 2.23. The summed E-state index contributed by atoms with van der Waals surface area (Å²) < 4.78 is 5.61. The second-order valence-electron chi connectivity index (χ2n) is 9.96. The molecule has 0 atom stereocenters. The van der Waals surface area contributed by atoms with E-state index in [0.717, 1.165) is 23.4 Å². The molecule has 0 bridgehead atoms. The van der Waals surface area contributed by atoms with Gasteiger partial charge in [0.1, 0.15) is 5.75 Å². The summed E-state index contributed by atoms with van der Waals surface area (Å²) in [6.07, 6.45) is 4.26. The van der Waals surface area contributed by atoms with Crippen molar-refractivity contribution in [3.63, 3.8) is 0 Å². The minimum Gasteiger partial charge on any atom is -0.494 e. The molecule has 1 aliphatic rings.